The third-order valence-electron chi connectivity index (χ3n) is 3.54. The smallest absolute Gasteiger partial charge is 0.414 e. The highest BCUT2D eigenvalue weighted by Crippen LogP contribution is 2.27. The molecular formula is C14H16FN3O5. The number of amides is 2. The van der Waals surface area contributed by atoms with Gasteiger partial charge in [-0.3, -0.25) is 4.90 Å². The number of nitrogens with one attached hydrogen (secondary N) is 1. The maximum atomic E-state index is 14.1. The molecule has 0 spiro atoms. The Morgan fingerprint density at radius 1 is 1.35 bits per heavy atom. The summed E-state index contributed by atoms with van der Waals surface area (Å²) in [7, 11) is 0. The van der Waals surface area contributed by atoms with Crippen LogP contribution in [0.5, 0.6) is 5.75 Å². The Balaban J connectivity index is 1.64. The molecule has 9 heteroatoms. The summed E-state index contributed by atoms with van der Waals surface area (Å²) in [5.74, 6) is -0.608. The maximum Gasteiger partial charge on any atom is 0.414 e. The van der Waals surface area contributed by atoms with E-state index in [-0.39, 0.29) is 25.4 Å². The zero-order valence-electron chi connectivity index (χ0n) is 12.2. The summed E-state index contributed by atoms with van der Waals surface area (Å²) in [6, 6.07) is 4.16. The summed E-state index contributed by atoms with van der Waals surface area (Å²) < 4.78 is 29.3. The van der Waals surface area contributed by atoms with Gasteiger partial charge in [0.1, 0.15) is 12.7 Å². The molecule has 0 bridgehead atoms. The van der Waals surface area contributed by atoms with Crippen molar-refractivity contribution in [2.45, 2.75) is 12.2 Å². The first-order chi connectivity index (χ1) is 11.1. The maximum absolute atomic E-state index is 14.1. The predicted molar refractivity (Wildman–Crippen MR) is 76.8 cm³/mol. The summed E-state index contributed by atoms with van der Waals surface area (Å²) in [6.07, 6.45) is -1.93. The molecule has 2 fully saturated rings. The van der Waals surface area contributed by atoms with Gasteiger partial charge < -0.3 is 25.3 Å². The minimum absolute atomic E-state index is 0.0136. The van der Waals surface area contributed by atoms with Crippen LogP contribution in [0.2, 0.25) is 0 Å². The van der Waals surface area contributed by atoms with Gasteiger partial charge in [0.25, 0.3) is 0 Å². The van der Waals surface area contributed by atoms with Crippen LogP contribution in [-0.4, -0.2) is 50.6 Å². The topological polar surface area (TPSA) is 103 Å². The second-order valence-corrected chi connectivity index (χ2v) is 5.19. The lowest BCUT2D eigenvalue weighted by Gasteiger charge is -2.15. The third-order valence-corrected chi connectivity index (χ3v) is 3.54. The van der Waals surface area contributed by atoms with Crippen molar-refractivity contribution in [3.63, 3.8) is 0 Å². The SMILES string of the molecule is NC[C@H]1CN(c2ccc(OC[C@@H]3CNC(=O)O3)c(F)c2)C(=O)O1. The number of cyclic esters (lactones) is 2. The number of alkyl carbamates (subject to hydrolysis) is 1. The number of nitrogens with zero attached hydrogens (tertiary/aromatic N) is 1. The minimum Gasteiger partial charge on any atom is -0.487 e. The number of ether oxygens (including phenoxy) is 3. The second-order valence-electron chi connectivity index (χ2n) is 5.19. The molecule has 0 unspecified atom stereocenters. The summed E-state index contributed by atoms with van der Waals surface area (Å²) in [5, 5.41) is 2.48. The standard InChI is InChI=1S/C14H16FN3O5/c15-11-3-8(18-6-9(4-16)23-14(18)20)1-2-12(11)21-7-10-5-17-13(19)22-10/h1-3,9-10H,4-7,16H2,(H,17,19)/t9-,10-/m0/s1. The molecule has 2 heterocycles. The van der Waals surface area contributed by atoms with Crippen LogP contribution < -0.4 is 20.7 Å². The number of hydrogen-bond acceptors (Lipinski definition) is 6. The predicted octanol–water partition coefficient (Wildman–Crippen LogP) is 0.597. The highest BCUT2D eigenvalue weighted by atomic mass is 19.1. The van der Waals surface area contributed by atoms with Gasteiger partial charge in [0.15, 0.2) is 17.7 Å². The number of halogens is 1. The summed E-state index contributed by atoms with van der Waals surface area (Å²) >= 11 is 0. The lowest BCUT2D eigenvalue weighted by Crippen LogP contribution is -2.27. The van der Waals surface area contributed by atoms with E-state index in [0.29, 0.717) is 12.2 Å². The molecule has 8 nitrogen and oxygen atoms in total. The number of anilines is 1. The quantitative estimate of drug-likeness (QED) is 0.821. The van der Waals surface area contributed by atoms with Crippen molar-refractivity contribution in [3.05, 3.63) is 24.0 Å². The molecule has 2 atom stereocenters. The van der Waals surface area contributed by atoms with Crippen molar-refractivity contribution < 1.29 is 28.2 Å². The Labute approximate surface area is 131 Å². The largest absolute Gasteiger partial charge is 0.487 e. The Hall–Kier alpha value is -2.55. The third kappa shape index (κ3) is 3.29. The van der Waals surface area contributed by atoms with E-state index in [2.05, 4.69) is 5.32 Å². The molecule has 124 valence electrons. The van der Waals surface area contributed by atoms with Gasteiger partial charge in [-0.05, 0) is 12.1 Å². The van der Waals surface area contributed by atoms with Crippen LogP contribution in [-0.2, 0) is 9.47 Å². The van der Waals surface area contributed by atoms with Gasteiger partial charge in [0, 0.05) is 12.6 Å². The fourth-order valence-electron chi connectivity index (χ4n) is 2.34. The van der Waals surface area contributed by atoms with E-state index in [1.807, 2.05) is 0 Å². The number of benzene rings is 1. The fraction of sp³-hybridized carbons (Fsp3) is 0.429. The van der Waals surface area contributed by atoms with Crippen molar-refractivity contribution in [3.8, 4) is 5.75 Å². The van der Waals surface area contributed by atoms with Gasteiger partial charge in [0.2, 0.25) is 0 Å². The van der Waals surface area contributed by atoms with Crippen LogP contribution in [0.15, 0.2) is 18.2 Å². The Bertz CT molecular complexity index is 626. The van der Waals surface area contributed by atoms with Crippen LogP contribution >= 0.6 is 0 Å². The van der Waals surface area contributed by atoms with Crippen molar-refractivity contribution in [2.75, 3.05) is 31.1 Å². The van der Waals surface area contributed by atoms with Gasteiger partial charge in [-0.1, -0.05) is 0 Å². The van der Waals surface area contributed by atoms with E-state index in [0.717, 1.165) is 0 Å². The molecule has 3 rings (SSSR count). The molecule has 1 aromatic carbocycles. The first-order valence-corrected chi connectivity index (χ1v) is 7.12. The summed E-state index contributed by atoms with van der Waals surface area (Å²) in [5.41, 5.74) is 5.83. The van der Waals surface area contributed by atoms with Gasteiger partial charge >= 0.3 is 12.2 Å². The lowest BCUT2D eigenvalue weighted by atomic mass is 10.2. The first kappa shape index (κ1) is 15.3. The molecule has 2 amide bonds. The number of carbonyl (C=O) groups is 2. The van der Waals surface area contributed by atoms with Gasteiger partial charge in [-0.25, -0.2) is 14.0 Å². The summed E-state index contributed by atoms with van der Waals surface area (Å²) in [6.45, 7) is 0.841. The molecule has 2 aliphatic heterocycles. The molecule has 23 heavy (non-hydrogen) atoms. The van der Waals surface area contributed by atoms with Crippen LogP contribution in [0.25, 0.3) is 0 Å². The van der Waals surface area contributed by atoms with Crippen LogP contribution in [0.1, 0.15) is 0 Å². The van der Waals surface area contributed by atoms with E-state index in [1.165, 1.54) is 17.0 Å². The van der Waals surface area contributed by atoms with Crippen molar-refractivity contribution in [2.24, 2.45) is 5.73 Å². The van der Waals surface area contributed by atoms with Crippen molar-refractivity contribution in [1.82, 2.24) is 5.32 Å². The first-order valence-electron chi connectivity index (χ1n) is 7.12. The molecule has 3 N–H and O–H groups in total. The Kier molecular flexibility index (Phi) is 4.20. The monoisotopic (exact) mass is 325 g/mol. The number of hydrogen-bond donors (Lipinski definition) is 2. The molecule has 2 aliphatic rings. The second kappa shape index (κ2) is 6.29. The number of carbonyl (C=O) groups excluding carboxylic acids is 2. The van der Waals surface area contributed by atoms with Gasteiger partial charge in [0.05, 0.1) is 18.8 Å². The van der Waals surface area contributed by atoms with Crippen molar-refractivity contribution in [1.29, 1.82) is 0 Å². The van der Waals surface area contributed by atoms with Gasteiger partial charge in [-0.2, -0.15) is 0 Å². The van der Waals surface area contributed by atoms with E-state index in [1.54, 1.807) is 6.07 Å². The minimum atomic E-state index is -0.621. The van der Waals surface area contributed by atoms with E-state index >= 15 is 0 Å². The summed E-state index contributed by atoms with van der Waals surface area (Å²) in [4.78, 5) is 23.9. The Morgan fingerprint density at radius 3 is 2.78 bits per heavy atom. The molecule has 1 aromatic rings. The number of nitrogens with two attached hydrogens (primary N) is 1. The molecular weight excluding hydrogens is 309 g/mol. The highest BCUT2D eigenvalue weighted by Gasteiger charge is 2.32. The van der Waals surface area contributed by atoms with Crippen LogP contribution in [0.3, 0.4) is 0 Å². The molecule has 2 saturated heterocycles. The normalized spacial score (nSPS) is 23.5. The zero-order valence-corrected chi connectivity index (χ0v) is 12.2. The van der Waals surface area contributed by atoms with E-state index < -0.39 is 30.2 Å². The zero-order chi connectivity index (χ0) is 16.4. The molecule has 0 aliphatic carbocycles. The highest BCUT2D eigenvalue weighted by molar-refractivity contribution is 5.89. The molecule has 0 saturated carbocycles. The average Bonchev–Trinajstić information content (AvgIpc) is 3.11. The van der Waals surface area contributed by atoms with Crippen molar-refractivity contribution >= 4 is 17.9 Å². The number of rotatable bonds is 5. The fourth-order valence-corrected chi connectivity index (χ4v) is 2.34. The van der Waals surface area contributed by atoms with Crippen LogP contribution in [0.4, 0.5) is 19.7 Å². The average molecular weight is 325 g/mol. The lowest BCUT2D eigenvalue weighted by molar-refractivity contribution is 0.103. The van der Waals surface area contributed by atoms with E-state index in [9.17, 15) is 14.0 Å². The van der Waals surface area contributed by atoms with Gasteiger partial charge in [-0.15, -0.1) is 0 Å². The van der Waals surface area contributed by atoms with E-state index in [4.69, 9.17) is 19.9 Å². The molecule has 0 radical (unpaired) electrons. The Morgan fingerprint density at radius 2 is 2.17 bits per heavy atom. The molecule has 0 aromatic heterocycles. The van der Waals surface area contributed by atoms with Crippen LogP contribution in [0, 0.1) is 5.82 Å².